The summed E-state index contributed by atoms with van der Waals surface area (Å²) >= 11 is 0. The van der Waals surface area contributed by atoms with Crippen LogP contribution in [0.15, 0.2) is 18.2 Å². The summed E-state index contributed by atoms with van der Waals surface area (Å²) in [4.78, 5) is 0. The third-order valence-electron chi connectivity index (χ3n) is 3.43. The predicted molar refractivity (Wildman–Crippen MR) is 85.8 cm³/mol. The molecule has 0 amide bonds. The average molecular weight is 295 g/mol. The number of hydrogen-bond donors (Lipinski definition) is 1. The number of hydrogen-bond acceptors (Lipinski definition) is 4. The standard InChI is InChI=1S/C17H29NO3/c1-6-9-18-14(3)15-7-8-17(20-5)16(10-15)12-21-13(2)11-19-4/h7-8,10,13-14,18H,6,9,11-12H2,1-5H3. The lowest BCUT2D eigenvalue weighted by molar-refractivity contribution is -0.000762. The SMILES string of the molecule is CCCNC(C)c1ccc(OC)c(COC(C)COC)c1. The van der Waals surface area contributed by atoms with E-state index in [1.165, 1.54) is 5.56 Å². The van der Waals surface area contributed by atoms with Crippen molar-refractivity contribution in [3.8, 4) is 5.75 Å². The van der Waals surface area contributed by atoms with E-state index in [2.05, 4.69) is 31.3 Å². The number of ether oxygens (including phenoxy) is 3. The van der Waals surface area contributed by atoms with Gasteiger partial charge in [-0.05, 0) is 44.5 Å². The number of methoxy groups -OCH3 is 2. The summed E-state index contributed by atoms with van der Waals surface area (Å²) in [5.74, 6) is 0.867. The van der Waals surface area contributed by atoms with Crippen LogP contribution < -0.4 is 10.1 Å². The van der Waals surface area contributed by atoms with Crippen LogP contribution in [0.3, 0.4) is 0 Å². The highest BCUT2D eigenvalue weighted by Crippen LogP contribution is 2.24. The van der Waals surface area contributed by atoms with E-state index >= 15 is 0 Å². The molecule has 0 aliphatic heterocycles. The zero-order chi connectivity index (χ0) is 15.7. The molecule has 0 saturated heterocycles. The first kappa shape index (κ1) is 18.0. The first-order valence-electron chi connectivity index (χ1n) is 7.63. The number of rotatable bonds is 10. The maximum absolute atomic E-state index is 5.80. The highest BCUT2D eigenvalue weighted by molar-refractivity contribution is 5.38. The van der Waals surface area contributed by atoms with Gasteiger partial charge >= 0.3 is 0 Å². The molecule has 1 rings (SSSR count). The van der Waals surface area contributed by atoms with Gasteiger partial charge in [0, 0.05) is 18.7 Å². The minimum absolute atomic E-state index is 0.0685. The van der Waals surface area contributed by atoms with E-state index < -0.39 is 0 Å². The van der Waals surface area contributed by atoms with Gasteiger partial charge in [0.25, 0.3) is 0 Å². The van der Waals surface area contributed by atoms with Crippen LogP contribution in [-0.4, -0.2) is 33.5 Å². The Kier molecular flexibility index (Phi) is 8.35. The molecule has 1 aromatic carbocycles. The highest BCUT2D eigenvalue weighted by atomic mass is 16.5. The Bertz CT molecular complexity index is 409. The molecular weight excluding hydrogens is 266 g/mol. The summed E-state index contributed by atoms with van der Waals surface area (Å²) in [6.07, 6.45) is 1.20. The molecule has 4 heteroatoms. The van der Waals surface area contributed by atoms with Crippen molar-refractivity contribution < 1.29 is 14.2 Å². The third-order valence-corrected chi connectivity index (χ3v) is 3.43. The van der Waals surface area contributed by atoms with Gasteiger partial charge in [-0.3, -0.25) is 0 Å². The van der Waals surface area contributed by atoms with Crippen molar-refractivity contribution in [2.75, 3.05) is 27.4 Å². The quantitative estimate of drug-likeness (QED) is 0.719. The van der Waals surface area contributed by atoms with Crippen LogP contribution in [0.2, 0.25) is 0 Å². The van der Waals surface area contributed by atoms with Crippen molar-refractivity contribution in [3.05, 3.63) is 29.3 Å². The molecule has 0 heterocycles. The molecule has 0 fully saturated rings. The Morgan fingerprint density at radius 2 is 1.95 bits per heavy atom. The molecule has 0 radical (unpaired) electrons. The topological polar surface area (TPSA) is 39.7 Å². The lowest BCUT2D eigenvalue weighted by Gasteiger charge is -2.18. The molecule has 0 aromatic heterocycles. The molecular formula is C17H29NO3. The van der Waals surface area contributed by atoms with Crippen LogP contribution in [0.4, 0.5) is 0 Å². The van der Waals surface area contributed by atoms with E-state index in [9.17, 15) is 0 Å². The van der Waals surface area contributed by atoms with Crippen LogP contribution in [0, 0.1) is 0 Å². The van der Waals surface area contributed by atoms with Gasteiger partial charge in [-0.25, -0.2) is 0 Å². The summed E-state index contributed by atoms with van der Waals surface area (Å²) in [5, 5.41) is 3.50. The van der Waals surface area contributed by atoms with Gasteiger partial charge in [0.1, 0.15) is 5.75 Å². The first-order chi connectivity index (χ1) is 10.1. The van der Waals surface area contributed by atoms with Gasteiger partial charge < -0.3 is 19.5 Å². The number of benzene rings is 1. The minimum atomic E-state index is 0.0685. The molecule has 0 bridgehead atoms. The van der Waals surface area contributed by atoms with Crippen LogP contribution in [0.1, 0.15) is 44.4 Å². The summed E-state index contributed by atoms with van der Waals surface area (Å²) < 4.78 is 16.3. The predicted octanol–water partition coefficient (Wildman–Crippen LogP) is 3.31. The van der Waals surface area contributed by atoms with Gasteiger partial charge in [0.05, 0.1) is 26.4 Å². The monoisotopic (exact) mass is 295 g/mol. The van der Waals surface area contributed by atoms with Crippen LogP contribution in [-0.2, 0) is 16.1 Å². The molecule has 1 aromatic rings. The second kappa shape index (κ2) is 9.77. The van der Waals surface area contributed by atoms with Crippen LogP contribution in [0.25, 0.3) is 0 Å². The van der Waals surface area contributed by atoms with E-state index in [1.54, 1.807) is 14.2 Å². The molecule has 21 heavy (non-hydrogen) atoms. The minimum Gasteiger partial charge on any atom is -0.496 e. The summed E-state index contributed by atoms with van der Waals surface area (Å²) in [7, 11) is 3.37. The first-order valence-corrected chi connectivity index (χ1v) is 7.63. The summed E-state index contributed by atoms with van der Waals surface area (Å²) in [6, 6.07) is 6.60. The van der Waals surface area contributed by atoms with Gasteiger partial charge in [0.15, 0.2) is 0 Å². The molecule has 0 aliphatic carbocycles. The molecule has 4 nitrogen and oxygen atoms in total. The zero-order valence-corrected chi connectivity index (χ0v) is 13.9. The van der Waals surface area contributed by atoms with Crippen molar-refractivity contribution in [1.82, 2.24) is 5.32 Å². The summed E-state index contributed by atoms with van der Waals surface area (Å²) in [6.45, 7) is 8.49. The van der Waals surface area contributed by atoms with E-state index in [0.29, 0.717) is 19.3 Å². The fourth-order valence-electron chi connectivity index (χ4n) is 2.17. The van der Waals surface area contributed by atoms with Gasteiger partial charge in [-0.2, -0.15) is 0 Å². The van der Waals surface area contributed by atoms with Gasteiger partial charge in [-0.1, -0.05) is 13.0 Å². The fraction of sp³-hybridized carbons (Fsp3) is 0.647. The van der Waals surface area contributed by atoms with Gasteiger partial charge in [0.2, 0.25) is 0 Å². The van der Waals surface area contributed by atoms with E-state index in [1.807, 2.05) is 13.0 Å². The Balaban J connectivity index is 2.75. The fourth-order valence-corrected chi connectivity index (χ4v) is 2.17. The number of nitrogens with one attached hydrogen (secondary N) is 1. The lowest BCUT2D eigenvalue weighted by atomic mass is 10.0. The molecule has 1 N–H and O–H groups in total. The van der Waals surface area contributed by atoms with E-state index in [0.717, 1.165) is 24.3 Å². The van der Waals surface area contributed by atoms with Crippen molar-refractivity contribution >= 4 is 0 Å². The van der Waals surface area contributed by atoms with Crippen molar-refractivity contribution in [1.29, 1.82) is 0 Å². The van der Waals surface area contributed by atoms with Crippen molar-refractivity contribution in [3.63, 3.8) is 0 Å². The molecule has 0 aliphatic rings. The zero-order valence-electron chi connectivity index (χ0n) is 13.9. The van der Waals surface area contributed by atoms with Crippen molar-refractivity contribution in [2.45, 2.75) is 45.9 Å². The average Bonchev–Trinajstić information content (AvgIpc) is 2.50. The second-order valence-electron chi connectivity index (χ2n) is 5.32. The van der Waals surface area contributed by atoms with E-state index in [4.69, 9.17) is 14.2 Å². The third kappa shape index (κ3) is 6.04. The molecule has 2 atom stereocenters. The molecule has 0 spiro atoms. The molecule has 2 unspecified atom stereocenters. The Morgan fingerprint density at radius 1 is 1.19 bits per heavy atom. The Labute approximate surface area is 128 Å². The molecule has 120 valence electrons. The summed E-state index contributed by atoms with van der Waals surface area (Å²) in [5.41, 5.74) is 2.32. The smallest absolute Gasteiger partial charge is 0.124 e. The Morgan fingerprint density at radius 3 is 2.57 bits per heavy atom. The van der Waals surface area contributed by atoms with Crippen LogP contribution in [0.5, 0.6) is 5.75 Å². The van der Waals surface area contributed by atoms with Gasteiger partial charge in [-0.15, -0.1) is 0 Å². The normalized spacial score (nSPS) is 14.0. The highest BCUT2D eigenvalue weighted by Gasteiger charge is 2.11. The van der Waals surface area contributed by atoms with Crippen molar-refractivity contribution in [2.24, 2.45) is 0 Å². The maximum atomic E-state index is 5.80. The second-order valence-corrected chi connectivity index (χ2v) is 5.32. The largest absolute Gasteiger partial charge is 0.496 e. The maximum Gasteiger partial charge on any atom is 0.124 e. The lowest BCUT2D eigenvalue weighted by Crippen LogP contribution is -2.19. The Hall–Kier alpha value is -1.10. The van der Waals surface area contributed by atoms with Crippen LogP contribution >= 0.6 is 0 Å². The molecule has 0 saturated carbocycles. The van der Waals surface area contributed by atoms with E-state index in [-0.39, 0.29) is 6.10 Å².